The fourth-order valence-corrected chi connectivity index (χ4v) is 2.98. The van der Waals surface area contributed by atoms with E-state index in [0.29, 0.717) is 6.04 Å². The van der Waals surface area contributed by atoms with Crippen LogP contribution in [-0.4, -0.2) is 59.4 Å². The van der Waals surface area contributed by atoms with Crippen LogP contribution in [0.25, 0.3) is 0 Å². The van der Waals surface area contributed by atoms with Crippen molar-refractivity contribution in [2.45, 2.75) is 44.2 Å². The number of piperidine rings is 1. The maximum Gasteiger partial charge on any atom is 0.321 e. The zero-order valence-electron chi connectivity index (χ0n) is 10.8. The lowest BCUT2D eigenvalue weighted by molar-refractivity contribution is 0.0928. The molecule has 1 atom stereocenters. The molecule has 0 saturated carbocycles. The molecule has 5 heteroatoms. The van der Waals surface area contributed by atoms with E-state index in [1.165, 1.54) is 17.7 Å². The molecule has 98 valence electrons. The van der Waals surface area contributed by atoms with Crippen molar-refractivity contribution in [2.24, 2.45) is 0 Å². The molecule has 1 unspecified atom stereocenters. The molecule has 2 aliphatic heterocycles. The molecule has 2 fully saturated rings. The number of hydrogen-bond acceptors (Lipinski definition) is 3. The van der Waals surface area contributed by atoms with Crippen LogP contribution in [0.1, 0.15) is 32.6 Å². The van der Waals surface area contributed by atoms with Gasteiger partial charge in [-0.3, -0.25) is 0 Å². The molecule has 0 radical (unpaired) electrons. The number of carbonyl (C=O) groups excluding carboxylic acids is 1. The third-order valence-electron chi connectivity index (χ3n) is 4.14. The van der Waals surface area contributed by atoms with Crippen molar-refractivity contribution in [1.82, 2.24) is 15.1 Å². The lowest BCUT2D eigenvalue weighted by atomic mass is 9.86. The van der Waals surface area contributed by atoms with Gasteiger partial charge in [0.1, 0.15) is 6.73 Å². The summed E-state index contributed by atoms with van der Waals surface area (Å²) in [5.74, 6) is 0. The third-order valence-corrected chi connectivity index (χ3v) is 4.14. The van der Waals surface area contributed by atoms with E-state index in [9.17, 15) is 4.79 Å². The van der Waals surface area contributed by atoms with Gasteiger partial charge in [0.15, 0.2) is 0 Å². The lowest BCUT2D eigenvalue weighted by Crippen LogP contribution is -2.54. The van der Waals surface area contributed by atoms with Gasteiger partial charge in [-0.2, -0.15) is 0 Å². The minimum Gasteiger partial charge on any atom is -0.376 e. The van der Waals surface area contributed by atoms with Gasteiger partial charge in [0.05, 0.1) is 0 Å². The Morgan fingerprint density at radius 3 is 2.59 bits per heavy atom. The third kappa shape index (κ3) is 2.55. The summed E-state index contributed by atoms with van der Waals surface area (Å²) in [5.41, 5.74) is 0.272. The van der Waals surface area contributed by atoms with Crippen LogP contribution < -0.4 is 5.32 Å². The standard InChI is InChI=1S/C12H23N3O2/c1-10-3-4-12(13-10)5-7-15(8-6-12)11(17)14(2)9-16/h10,13,16H,3-9H2,1-2H3. The van der Waals surface area contributed by atoms with Gasteiger partial charge < -0.3 is 20.2 Å². The van der Waals surface area contributed by atoms with Crippen molar-refractivity contribution in [3.8, 4) is 0 Å². The lowest BCUT2D eigenvalue weighted by Gasteiger charge is -2.40. The van der Waals surface area contributed by atoms with Gasteiger partial charge in [0.2, 0.25) is 0 Å². The van der Waals surface area contributed by atoms with Crippen LogP contribution in [0, 0.1) is 0 Å². The molecular formula is C12H23N3O2. The van der Waals surface area contributed by atoms with Crippen LogP contribution in [0.5, 0.6) is 0 Å². The zero-order chi connectivity index (χ0) is 12.5. The highest BCUT2D eigenvalue weighted by Crippen LogP contribution is 2.33. The Labute approximate surface area is 103 Å². The van der Waals surface area contributed by atoms with Gasteiger partial charge in [-0.1, -0.05) is 0 Å². The molecule has 0 aromatic heterocycles. The summed E-state index contributed by atoms with van der Waals surface area (Å²) in [6.45, 7) is 3.60. The molecule has 2 amide bonds. The second kappa shape index (κ2) is 4.82. The first-order chi connectivity index (χ1) is 8.06. The number of nitrogens with zero attached hydrogens (tertiary/aromatic N) is 2. The average molecular weight is 241 g/mol. The Bertz CT molecular complexity index is 287. The highest BCUT2D eigenvalue weighted by atomic mass is 16.3. The van der Waals surface area contributed by atoms with Crippen molar-refractivity contribution in [1.29, 1.82) is 0 Å². The fourth-order valence-electron chi connectivity index (χ4n) is 2.98. The van der Waals surface area contributed by atoms with Crippen LogP contribution >= 0.6 is 0 Å². The quantitative estimate of drug-likeness (QED) is 0.661. The molecule has 2 rings (SSSR count). The van der Waals surface area contributed by atoms with Gasteiger partial charge in [0, 0.05) is 31.7 Å². The first kappa shape index (κ1) is 12.6. The number of carbonyl (C=O) groups is 1. The number of aliphatic hydroxyl groups is 1. The molecule has 1 spiro atoms. The first-order valence-corrected chi connectivity index (χ1v) is 6.45. The van der Waals surface area contributed by atoms with Gasteiger partial charge in [-0.25, -0.2) is 4.79 Å². The highest BCUT2D eigenvalue weighted by molar-refractivity contribution is 5.74. The first-order valence-electron chi connectivity index (χ1n) is 6.45. The molecule has 2 aliphatic rings. The minimum absolute atomic E-state index is 0.0617. The molecule has 0 bridgehead atoms. The topological polar surface area (TPSA) is 55.8 Å². The van der Waals surface area contributed by atoms with E-state index in [4.69, 9.17) is 5.11 Å². The maximum absolute atomic E-state index is 11.9. The van der Waals surface area contributed by atoms with E-state index < -0.39 is 0 Å². The number of rotatable bonds is 1. The second-order valence-corrected chi connectivity index (χ2v) is 5.47. The molecule has 2 N–H and O–H groups in total. The van der Waals surface area contributed by atoms with E-state index in [1.54, 1.807) is 7.05 Å². The highest BCUT2D eigenvalue weighted by Gasteiger charge is 2.40. The Hall–Kier alpha value is -0.810. The molecule has 5 nitrogen and oxygen atoms in total. The number of amides is 2. The summed E-state index contributed by atoms with van der Waals surface area (Å²) in [6, 6.07) is 0.547. The van der Waals surface area contributed by atoms with Crippen LogP contribution in [0.15, 0.2) is 0 Å². The van der Waals surface area contributed by atoms with Gasteiger partial charge in [-0.15, -0.1) is 0 Å². The summed E-state index contributed by atoms with van der Waals surface area (Å²) in [6.07, 6.45) is 4.53. The summed E-state index contributed by atoms with van der Waals surface area (Å²) in [4.78, 5) is 15.1. The predicted octanol–water partition coefficient (Wildman–Crippen LogP) is 0.594. The summed E-state index contributed by atoms with van der Waals surface area (Å²) >= 11 is 0. The number of hydrogen-bond donors (Lipinski definition) is 2. The van der Waals surface area contributed by atoms with Crippen LogP contribution in [0.3, 0.4) is 0 Å². The largest absolute Gasteiger partial charge is 0.376 e. The summed E-state index contributed by atoms with van der Waals surface area (Å²) in [7, 11) is 1.63. The van der Waals surface area contributed by atoms with E-state index in [2.05, 4.69) is 12.2 Å². The maximum atomic E-state index is 11.9. The van der Waals surface area contributed by atoms with Gasteiger partial charge in [0.25, 0.3) is 0 Å². The van der Waals surface area contributed by atoms with Crippen molar-refractivity contribution in [2.75, 3.05) is 26.9 Å². The smallest absolute Gasteiger partial charge is 0.321 e. The van der Waals surface area contributed by atoms with E-state index >= 15 is 0 Å². The SMILES string of the molecule is CC1CCC2(CCN(C(=O)N(C)CO)CC2)N1. The Kier molecular flexibility index (Phi) is 3.58. The van der Waals surface area contributed by atoms with Crippen molar-refractivity contribution in [3.05, 3.63) is 0 Å². The fraction of sp³-hybridized carbons (Fsp3) is 0.917. The molecule has 0 aromatic carbocycles. The van der Waals surface area contributed by atoms with Gasteiger partial charge >= 0.3 is 6.03 Å². The van der Waals surface area contributed by atoms with E-state index in [1.807, 2.05) is 4.90 Å². The van der Waals surface area contributed by atoms with Crippen molar-refractivity contribution >= 4 is 6.03 Å². The molecule has 2 heterocycles. The second-order valence-electron chi connectivity index (χ2n) is 5.47. The van der Waals surface area contributed by atoms with Crippen LogP contribution in [0.4, 0.5) is 4.79 Å². The average Bonchev–Trinajstić information content (AvgIpc) is 2.70. The molecule has 0 aliphatic carbocycles. The normalized spacial score (nSPS) is 27.5. The predicted molar refractivity (Wildman–Crippen MR) is 65.6 cm³/mol. The Morgan fingerprint density at radius 1 is 1.47 bits per heavy atom. The number of nitrogens with one attached hydrogen (secondary N) is 1. The number of urea groups is 1. The van der Waals surface area contributed by atoms with Crippen molar-refractivity contribution < 1.29 is 9.90 Å². The van der Waals surface area contributed by atoms with Crippen LogP contribution in [0.2, 0.25) is 0 Å². The molecule has 2 saturated heterocycles. The number of likely N-dealkylation sites (tertiary alicyclic amines) is 1. The summed E-state index contributed by atoms with van der Waals surface area (Å²) in [5, 5.41) is 12.6. The van der Waals surface area contributed by atoms with Gasteiger partial charge in [-0.05, 0) is 32.6 Å². The molecule has 0 aromatic rings. The number of aliphatic hydroxyl groups excluding tert-OH is 1. The van der Waals surface area contributed by atoms with Crippen molar-refractivity contribution in [3.63, 3.8) is 0 Å². The molecule has 17 heavy (non-hydrogen) atoms. The van der Waals surface area contributed by atoms with E-state index in [-0.39, 0.29) is 18.3 Å². The zero-order valence-corrected chi connectivity index (χ0v) is 10.8. The minimum atomic E-state index is -0.213. The summed E-state index contributed by atoms with van der Waals surface area (Å²) < 4.78 is 0. The van der Waals surface area contributed by atoms with Crippen LogP contribution in [-0.2, 0) is 0 Å². The monoisotopic (exact) mass is 241 g/mol. The molecular weight excluding hydrogens is 218 g/mol. The Balaban J connectivity index is 1.88. The van der Waals surface area contributed by atoms with E-state index in [0.717, 1.165) is 25.9 Å². The Morgan fingerprint density at radius 2 is 2.12 bits per heavy atom.